The smallest absolute Gasteiger partial charge is 0.246 e. The number of fused-ring (bicyclic) bond motifs is 1. The summed E-state index contributed by atoms with van der Waals surface area (Å²) in [4.78, 5) is 18.5. The number of amides is 1. The lowest BCUT2D eigenvalue weighted by molar-refractivity contribution is -0.126. The third-order valence-electron chi connectivity index (χ3n) is 3.91. The monoisotopic (exact) mass is 340 g/mol. The number of nitrogens with zero attached hydrogens (tertiary/aromatic N) is 2. The van der Waals surface area contributed by atoms with Gasteiger partial charge in [0, 0.05) is 18.7 Å². The van der Waals surface area contributed by atoms with E-state index in [0.717, 1.165) is 15.2 Å². The summed E-state index contributed by atoms with van der Waals surface area (Å²) in [5.41, 5.74) is 1.33. The van der Waals surface area contributed by atoms with Crippen molar-refractivity contribution in [3.05, 3.63) is 71.0 Å². The number of hydrogen-bond donors (Lipinski definition) is 0. The number of thiazole rings is 1. The molecule has 0 unspecified atom stereocenters. The highest BCUT2D eigenvalue weighted by molar-refractivity contribution is 7.18. The van der Waals surface area contributed by atoms with Crippen LogP contribution in [0.5, 0.6) is 0 Å². The number of carbonyl (C=O) groups excluding carboxylic acids is 1. The number of benzene rings is 2. The maximum Gasteiger partial charge on any atom is 0.246 e. The number of carbonyl (C=O) groups is 1. The molecule has 0 aliphatic heterocycles. The molecule has 0 saturated carbocycles. The van der Waals surface area contributed by atoms with E-state index in [2.05, 4.69) is 4.98 Å². The summed E-state index contributed by atoms with van der Waals surface area (Å²) in [5, 5.41) is 0.881. The average Bonchev–Trinajstić information content (AvgIpc) is 3.03. The van der Waals surface area contributed by atoms with E-state index >= 15 is 0 Å². The molecule has 0 N–H and O–H groups in total. The molecule has 1 heterocycles. The summed E-state index contributed by atoms with van der Waals surface area (Å²) < 4.78 is 14.7. The number of aromatic nitrogens is 1. The Bertz CT molecular complexity index is 870. The van der Waals surface area contributed by atoms with Crippen LogP contribution in [0.15, 0.2) is 54.6 Å². The first-order valence-corrected chi connectivity index (χ1v) is 8.43. The fourth-order valence-electron chi connectivity index (χ4n) is 2.31. The van der Waals surface area contributed by atoms with Crippen molar-refractivity contribution in [3.63, 3.8) is 0 Å². The van der Waals surface area contributed by atoms with Crippen molar-refractivity contribution >= 4 is 33.5 Å². The highest BCUT2D eigenvalue weighted by atomic mass is 32.1. The minimum Gasteiger partial charge on any atom is -0.333 e. The molecule has 0 fully saturated rings. The van der Waals surface area contributed by atoms with Crippen molar-refractivity contribution in [2.45, 2.75) is 13.0 Å². The minimum atomic E-state index is -0.344. The van der Waals surface area contributed by atoms with Crippen LogP contribution in [-0.2, 0) is 4.79 Å². The quantitative estimate of drug-likeness (QED) is 0.647. The van der Waals surface area contributed by atoms with E-state index in [1.807, 2.05) is 31.2 Å². The molecule has 0 spiro atoms. The van der Waals surface area contributed by atoms with Crippen molar-refractivity contribution < 1.29 is 9.18 Å². The largest absolute Gasteiger partial charge is 0.333 e. The molecule has 3 aromatic rings. The standard InChI is InChI=1S/C19H17FN2OS/c1-13(19-21-16-9-5-6-10-17(16)24-19)22(2)18(23)12-11-14-7-3-4-8-15(14)20/h3-13H,1-2H3/b12-11+/t13-/m0/s1. The fraction of sp³-hybridized carbons (Fsp3) is 0.158. The topological polar surface area (TPSA) is 33.2 Å². The summed E-state index contributed by atoms with van der Waals surface area (Å²) in [6, 6.07) is 14.1. The summed E-state index contributed by atoms with van der Waals surface area (Å²) in [6.07, 6.45) is 2.89. The molecule has 0 saturated heterocycles. The van der Waals surface area contributed by atoms with Gasteiger partial charge in [-0.1, -0.05) is 30.3 Å². The lowest BCUT2D eigenvalue weighted by Gasteiger charge is -2.21. The molecule has 3 nitrogen and oxygen atoms in total. The number of para-hydroxylation sites is 1. The summed E-state index contributed by atoms with van der Waals surface area (Å²) in [7, 11) is 1.73. The fourth-order valence-corrected chi connectivity index (χ4v) is 3.38. The maximum atomic E-state index is 13.6. The van der Waals surface area contributed by atoms with Gasteiger partial charge in [-0.05, 0) is 31.2 Å². The van der Waals surface area contributed by atoms with Crippen molar-refractivity contribution in [2.24, 2.45) is 0 Å². The molecule has 0 bridgehead atoms. The van der Waals surface area contributed by atoms with Crippen molar-refractivity contribution in [1.82, 2.24) is 9.88 Å². The predicted molar refractivity (Wildman–Crippen MR) is 96.2 cm³/mol. The molecule has 1 aromatic heterocycles. The van der Waals surface area contributed by atoms with E-state index in [4.69, 9.17) is 0 Å². The van der Waals surface area contributed by atoms with Crippen LogP contribution in [0.4, 0.5) is 4.39 Å². The third kappa shape index (κ3) is 3.36. The maximum absolute atomic E-state index is 13.6. The van der Waals surface area contributed by atoms with Gasteiger partial charge in [0.05, 0.1) is 16.3 Å². The zero-order valence-corrected chi connectivity index (χ0v) is 14.3. The van der Waals surface area contributed by atoms with E-state index in [-0.39, 0.29) is 17.8 Å². The molecular weight excluding hydrogens is 323 g/mol. The van der Waals surface area contributed by atoms with Crippen LogP contribution < -0.4 is 0 Å². The Morgan fingerprint density at radius 2 is 1.92 bits per heavy atom. The Morgan fingerprint density at radius 3 is 2.67 bits per heavy atom. The highest BCUT2D eigenvalue weighted by Crippen LogP contribution is 2.28. The van der Waals surface area contributed by atoms with Crippen LogP contribution in [0.2, 0.25) is 0 Å². The second-order valence-electron chi connectivity index (χ2n) is 5.50. The Labute approximate surface area is 144 Å². The normalized spacial score (nSPS) is 12.6. The van der Waals surface area contributed by atoms with Gasteiger partial charge in [0.1, 0.15) is 10.8 Å². The zero-order valence-electron chi connectivity index (χ0n) is 13.4. The molecule has 0 radical (unpaired) electrons. The Kier molecular flexibility index (Phi) is 4.71. The summed E-state index contributed by atoms with van der Waals surface area (Å²) in [6.45, 7) is 1.94. The molecular formula is C19H17FN2OS. The van der Waals surface area contributed by atoms with E-state index in [9.17, 15) is 9.18 Å². The number of halogens is 1. The number of rotatable bonds is 4. The van der Waals surface area contributed by atoms with E-state index in [0.29, 0.717) is 5.56 Å². The van der Waals surface area contributed by atoms with Gasteiger partial charge in [-0.2, -0.15) is 0 Å². The van der Waals surface area contributed by atoms with Gasteiger partial charge in [-0.3, -0.25) is 4.79 Å². The first kappa shape index (κ1) is 16.3. The second kappa shape index (κ2) is 6.93. The Hall–Kier alpha value is -2.53. The van der Waals surface area contributed by atoms with Crippen LogP contribution in [0.25, 0.3) is 16.3 Å². The summed E-state index contributed by atoms with van der Waals surface area (Å²) in [5.74, 6) is -0.534. The van der Waals surface area contributed by atoms with Gasteiger partial charge >= 0.3 is 0 Å². The number of likely N-dealkylation sites (N-methyl/N-ethyl adjacent to an activating group) is 1. The lowest BCUT2D eigenvalue weighted by atomic mass is 10.2. The van der Waals surface area contributed by atoms with Crippen LogP contribution in [0.3, 0.4) is 0 Å². The molecule has 1 amide bonds. The Balaban J connectivity index is 1.76. The first-order chi connectivity index (χ1) is 11.6. The summed E-state index contributed by atoms with van der Waals surface area (Å²) >= 11 is 1.58. The van der Waals surface area contributed by atoms with Crippen LogP contribution in [0.1, 0.15) is 23.5 Å². The molecule has 5 heteroatoms. The van der Waals surface area contributed by atoms with Gasteiger partial charge < -0.3 is 4.90 Å². The lowest BCUT2D eigenvalue weighted by Crippen LogP contribution is -2.27. The van der Waals surface area contributed by atoms with Crippen LogP contribution in [-0.4, -0.2) is 22.8 Å². The van der Waals surface area contributed by atoms with Crippen LogP contribution in [0, 0.1) is 5.82 Å². The molecule has 2 aromatic carbocycles. The van der Waals surface area contributed by atoms with E-state index in [1.165, 1.54) is 18.2 Å². The number of hydrogen-bond acceptors (Lipinski definition) is 3. The Morgan fingerprint density at radius 1 is 1.21 bits per heavy atom. The SMILES string of the molecule is C[C@@H](c1nc2ccccc2s1)N(C)C(=O)/C=C/c1ccccc1F. The third-order valence-corrected chi connectivity index (χ3v) is 5.11. The molecule has 122 valence electrons. The van der Waals surface area contributed by atoms with E-state index in [1.54, 1.807) is 41.5 Å². The predicted octanol–water partition coefficient (Wildman–Crippen LogP) is 4.67. The molecule has 0 aliphatic rings. The van der Waals surface area contributed by atoms with Gasteiger partial charge in [-0.15, -0.1) is 11.3 Å². The molecule has 3 rings (SSSR count). The van der Waals surface area contributed by atoms with Gasteiger partial charge in [0.25, 0.3) is 0 Å². The first-order valence-electron chi connectivity index (χ1n) is 7.61. The molecule has 0 aliphatic carbocycles. The van der Waals surface area contributed by atoms with Crippen LogP contribution >= 0.6 is 11.3 Å². The van der Waals surface area contributed by atoms with Gasteiger partial charge in [-0.25, -0.2) is 9.37 Å². The van der Waals surface area contributed by atoms with Crippen molar-refractivity contribution in [2.75, 3.05) is 7.05 Å². The van der Waals surface area contributed by atoms with Crippen molar-refractivity contribution in [3.8, 4) is 0 Å². The van der Waals surface area contributed by atoms with E-state index < -0.39 is 0 Å². The molecule has 1 atom stereocenters. The average molecular weight is 340 g/mol. The van der Waals surface area contributed by atoms with Crippen molar-refractivity contribution in [1.29, 1.82) is 0 Å². The molecule has 24 heavy (non-hydrogen) atoms. The van der Waals surface area contributed by atoms with Gasteiger partial charge in [0.2, 0.25) is 5.91 Å². The second-order valence-corrected chi connectivity index (χ2v) is 6.56. The van der Waals surface area contributed by atoms with Gasteiger partial charge in [0.15, 0.2) is 0 Å². The minimum absolute atomic E-state index is 0.153. The zero-order chi connectivity index (χ0) is 17.1. The highest BCUT2D eigenvalue weighted by Gasteiger charge is 2.19.